The maximum atomic E-state index is 5.44. The van der Waals surface area contributed by atoms with Gasteiger partial charge in [0.25, 0.3) is 0 Å². The molecule has 0 aliphatic carbocycles. The fourth-order valence-corrected chi connectivity index (χ4v) is 3.98. The van der Waals surface area contributed by atoms with Crippen LogP contribution in [0.4, 0.5) is 0 Å². The van der Waals surface area contributed by atoms with Crippen LogP contribution in [0.15, 0.2) is 21.1 Å². The van der Waals surface area contributed by atoms with Gasteiger partial charge in [0.05, 0.1) is 11.6 Å². The molecule has 0 fully saturated rings. The standard InChI is InChI=1S/C13H19Br2NOS/c1-4-11(8-18-3)16-7-9-5-10(14)6-12(15)13(9)17-2/h5-6,11,16H,4,7-8H2,1-3H3. The molecule has 0 saturated carbocycles. The molecule has 0 saturated heterocycles. The highest BCUT2D eigenvalue weighted by molar-refractivity contribution is 9.11. The molecule has 2 nitrogen and oxygen atoms in total. The Morgan fingerprint density at radius 1 is 1.39 bits per heavy atom. The molecule has 1 aromatic rings. The van der Waals surface area contributed by atoms with Gasteiger partial charge in [-0.05, 0) is 40.7 Å². The van der Waals surface area contributed by atoms with E-state index in [0.717, 1.165) is 33.4 Å². The number of thioether (sulfide) groups is 1. The molecule has 0 radical (unpaired) electrons. The van der Waals surface area contributed by atoms with Gasteiger partial charge in [-0.1, -0.05) is 22.9 Å². The molecule has 0 spiro atoms. The van der Waals surface area contributed by atoms with Crippen LogP contribution in [0.25, 0.3) is 0 Å². The summed E-state index contributed by atoms with van der Waals surface area (Å²) in [5.41, 5.74) is 1.17. The fraction of sp³-hybridized carbons (Fsp3) is 0.538. The minimum atomic E-state index is 0.544. The van der Waals surface area contributed by atoms with Gasteiger partial charge >= 0.3 is 0 Å². The summed E-state index contributed by atoms with van der Waals surface area (Å²) in [6, 6.07) is 4.65. The van der Waals surface area contributed by atoms with Crippen molar-refractivity contribution in [2.24, 2.45) is 0 Å². The molecule has 1 unspecified atom stereocenters. The zero-order valence-corrected chi connectivity index (χ0v) is 14.9. The molecule has 0 aliphatic rings. The Bertz CT molecular complexity index is 387. The third kappa shape index (κ3) is 4.76. The van der Waals surface area contributed by atoms with Crippen molar-refractivity contribution < 1.29 is 4.74 Å². The summed E-state index contributed by atoms with van der Waals surface area (Å²) < 4.78 is 7.48. The van der Waals surface area contributed by atoms with E-state index in [4.69, 9.17) is 4.74 Å². The molecular weight excluding hydrogens is 378 g/mol. The predicted molar refractivity (Wildman–Crippen MR) is 87.7 cm³/mol. The van der Waals surface area contributed by atoms with Crippen LogP contribution in [-0.4, -0.2) is 25.2 Å². The normalized spacial score (nSPS) is 12.5. The van der Waals surface area contributed by atoms with E-state index in [9.17, 15) is 0 Å². The van der Waals surface area contributed by atoms with Gasteiger partial charge < -0.3 is 10.1 Å². The average molecular weight is 397 g/mol. The Hall–Kier alpha value is 0.290. The zero-order chi connectivity index (χ0) is 13.5. The first-order valence-corrected chi connectivity index (χ1v) is 8.84. The number of rotatable bonds is 7. The topological polar surface area (TPSA) is 21.3 Å². The maximum absolute atomic E-state index is 5.44. The third-order valence-corrected chi connectivity index (χ3v) is 4.51. The molecule has 102 valence electrons. The Morgan fingerprint density at radius 2 is 2.11 bits per heavy atom. The van der Waals surface area contributed by atoms with E-state index in [1.165, 1.54) is 5.56 Å². The van der Waals surface area contributed by atoms with Gasteiger partial charge in [-0.15, -0.1) is 0 Å². The lowest BCUT2D eigenvalue weighted by Gasteiger charge is -2.18. The van der Waals surface area contributed by atoms with E-state index in [2.05, 4.69) is 56.4 Å². The Kier molecular flexibility index (Phi) is 7.68. The van der Waals surface area contributed by atoms with Gasteiger partial charge in [-0.3, -0.25) is 0 Å². The van der Waals surface area contributed by atoms with Gasteiger partial charge in [0.2, 0.25) is 0 Å². The van der Waals surface area contributed by atoms with Crippen LogP contribution in [0.1, 0.15) is 18.9 Å². The van der Waals surface area contributed by atoms with Crippen molar-refractivity contribution in [2.75, 3.05) is 19.1 Å². The number of methoxy groups -OCH3 is 1. The van der Waals surface area contributed by atoms with E-state index >= 15 is 0 Å². The van der Waals surface area contributed by atoms with Gasteiger partial charge in [-0.2, -0.15) is 11.8 Å². The average Bonchev–Trinajstić information content (AvgIpc) is 2.33. The lowest BCUT2D eigenvalue weighted by atomic mass is 10.1. The summed E-state index contributed by atoms with van der Waals surface area (Å²) >= 11 is 8.91. The summed E-state index contributed by atoms with van der Waals surface area (Å²) in [6.45, 7) is 3.03. The highest BCUT2D eigenvalue weighted by Gasteiger charge is 2.11. The van der Waals surface area contributed by atoms with E-state index in [1.54, 1.807) is 7.11 Å². The first kappa shape index (κ1) is 16.3. The second-order valence-corrected chi connectivity index (χ2v) is 6.70. The van der Waals surface area contributed by atoms with Crippen LogP contribution < -0.4 is 10.1 Å². The smallest absolute Gasteiger partial charge is 0.137 e. The Morgan fingerprint density at radius 3 is 2.67 bits per heavy atom. The monoisotopic (exact) mass is 395 g/mol. The van der Waals surface area contributed by atoms with Crippen molar-refractivity contribution in [3.05, 3.63) is 26.6 Å². The van der Waals surface area contributed by atoms with E-state index < -0.39 is 0 Å². The van der Waals surface area contributed by atoms with Crippen molar-refractivity contribution in [1.82, 2.24) is 5.32 Å². The van der Waals surface area contributed by atoms with Crippen molar-refractivity contribution in [3.8, 4) is 5.75 Å². The highest BCUT2D eigenvalue weighted by Crippen LogP contribution is 2.32. The second kappa shape index (κ2) is 8.46. The SMILES string of the molecule is CCC(CSC)NCc1cc(Br)cc(Br)c1OC. The van der Waals surface area contributed by atoms with E-state index in [-0.39, 0.29) is 0 Å². The molecule has 0 bridgehead atoms. The van der Waals surface area contributed by atoms with Crippen molar-refractivity contribution in [3.63, 3.8) is 0 Å². The van der Waals surface area contributed by atoms with Crippen molar-refractivity contribution >= 4 is 43.6 Å². The first-order valence-electron chi connectivity index (χ1n) is 5.86. The number of hydrogen-bond acceptors (Lipinski definition) is 3. The molecule has 0 amide bonds. The van der Waals surface area contributed by atoms with Crippen LogP contribution in [0, 0.1) is 0 Å². The van der Waals surface area contributed by atoms with Crippen LogP contribution in [0.3, 0.4) is 0 Å². The molecule has 1 atom stereocenters. The van der Waals surface area contributed by atoms with Crippen LogP contribution >= 0.6 is 43.6 Å². The van der Waals surface area contributed by atoms with Crippen molar-refractivity contribution in [1.29, 1.82) is 0 Å². The number of halogens is 2. The number of benzene rings is 1. The molecule has 1 aromatic carbocycles. The van der Waals surface area contributed by atoms with Crippen LogP contribution in [-0.2, 0) is 6.54 Å². The molecule has 1 N–H and O–H groups in total. The Labute approximate surface area is 131 Å². The van der Waals surface area contributed by atoms with Gasteiger partial charge in [-0.25, -0.2) is 0 Å². The third-order valence-electron chi connectivity index (χ3n) is 2.73. The molecule has 18 heavy (non-hydrogen) atoms. The summed E-state index contributed by atoms with van der Waals surface area (Å²) in [5.74, 6) is 2.04. The first-order chi connectivity index (χ1) is 8.62. The number of ether oxygens (including phenoxy) is 1. The van der Waals surface area contributed by atoms with E-state index in [1.807, 2.05) is 17.8 Å². The lowest BCUT2D eigenvalue weighted by Crippen LogP contribution is -2.30. The molecule has 1 rings (SSSR count). The maximum Gasteiger partial charge on any atom is 0.137 e. The van der Waals surface area contributed by atoms with E-state index in [0.29, 0.717) is 6.04 Å². The molecule has 5 heteroatoms. The zero-order valence-electron chi connectivity index (χ0n) is 10.9. The minimum absolute atomic E-state index is 0.544. The van der Waals surface area contributed by atoms with Crippen LogP contribution in [0.5, 0.6) is 5.75 Å². The molecule has 0 aromatic heterocycles. The minimum Gasteiger partial charge on any atom is -0.495 e. The molecule has 0 aliphatic heterocycles. The highest BCUT2D eigenvalue weighted by atomic mass is 79.9. The van der Waals surface area contributed by atoms with Crippen LogP contribution in [0.2, 0.25) is 0 Å². The van der Waals surface area contributed by atoms with Crippen molar-refractivity contribution in [2.45, 2.75) is 25.9 Å². The largest absolute Gasteiger partial charge is 0.495 e. The summed E-state index contributed by atoms with van der Waals surface area (Å²) in [4.78, 5) is 0. The summed E-state index contributed by atoms with van der Waals surface area (Å²) in [6.07, 6.45) is 3.28. The summed E-state index contributed by atoms with van der Waals surface area (Å²) in [5, 5.41) is 3.57. The number of nitrogens with one attached hydrogen (secondary N) is 1. The van der Waals surface area contributed by atoms with Gasteiger partial charge in [0.15, 0.2) is 0 Å². The Balaban J connectivity index is 2.77. The molecular formula is C13H19Br2NOS. The quantitative estimate of drug-likeness (QED) is 0.735. The lowest BCUT2D eigenvalue weighted by molar-refractivity contribution is 0.403. The van der Waals surface area contributed by atoms with Gasteiger partial charge in [0, 0.05) is 28.4 Å². The predicted octanol–water partition coefficient (Wildman–Crippen LogP) is 4.45. The molecule has 0 heterocycles. The second-order valence-electron chi connectivity index (χ2n) is 4.02. The number of hydrogen-bond donors (Lipinski definition) is 1. The summed E-state index contributed by atoms with van der Waals surface area (Å²) in [7, 11) is 1.71. The fourth-order valence-electron chi connectivity index (χ4n) is 1.75. The van der Waals surface area contributed by atoms with Gasteiger partial charge in [0.1, 0.15) is 5.75 Å².